The van der Waals surface area contributed by atoms with Crippen molar-refractivity contribution < 1.29 is 14.3 Å². The second-order valence-electron chi connectivity index (χ2n) is 7.49. The molecule has 2 amide bonds. The van der Waals surface area contributed by atoms with E-state index >= 15 is 0 Å². The lowest BCUT2D eigenvalue weighted by atomic mass is 9.98. The molecule has 1 aliphatic heterocycles. The average Bonchev–Trinajstić information content (AvgIpc) is 3.06. The van der Waals surface area contributed by atoms with Crippen LogP contribution in [-0.4, -0.2) is 28.8 Å². The molecule has 162 valence electrons. The van der Waals surface area contributed by atoms with Gasteiger partial charge in [-0.3, -0.25) is 9.59 Å². The highest BCUT2D eigenvalue weighted by Gasteiger charge is 2.47. The number of nitrogens with one attached hydrogen (secondary N) is 2. The fourth-order valence-corrected chi connectivity index (χ4v) is 4.11. The molecule has 1 aliphatic rings. The maximum Gasteiger partial charge on any atom is 0.304 e. The first kappa shape index (κ1) is 22.3. The molecule has 1 fully saturated rings. The van der Waals surface area contributed by atoms with Gasteiger partial charge in [-0.05, 0) is 49.4 Å². The van der Waals surface area contributed by atoms with Crippen LogP contribution in [0.3, 0.4) is 0 Å². The molecule has 1 heterocycles. The van der Waals surface area contributed by atoms with Crippen molar-refractivity contribution in [2.45, 2.75) is 19.0 Å². The van der Waals surface area contributed by atoms with Gasteiger partial charge in [-0.1, -0.05) is 64.6 Å². The smallest absolute Gasteiger partial charge is 0.304 e. The number of carbonyl (C=O) groups is 2. The van der Waals surface area contributed by atoms with Crippen molar-refractivity contribution in [1.29, 1.82) is 0 Å². The van der Waals surface area contributed by atoms with Gasteiger partial charge in [0, 0.05) is 21.2 Å². The summed E-state index contributed by atoms with van der Waals surface area (Å²) in [5, 5.41) is 4.35. The first-order valence-electron chi connectivity index (χ1n) is 9.83. The van der Waals surface area contributed by atoms with Crippen molar-refractivity contribution in [2.75, 3.05) is 0 Å². The molecular formula is C24H19Cl3N3O2+. The van der Waals surface area contributed by atoms with Crippen LogP contribution >= 0.6 is 34.8 Å². The number of nitrogens with zero attached hydrogens (tertiary/aromatic N) is 1. The Kier molecular flexibility index (Phi) is 6.51. The zero-order chi connectivity index (χ0) is 22.8. The summed E-state index contributed by atoms with van der Waals surface area (Å²) in [6.45, 7) is 1.99. The van der Waals surface area contributed by atoms with E-state index in [1.807, 2.05) is 31.2 Å². The lowest BCUT2D eigenvalue weighted by molar-refractivity contribution is -0.596. The number of hydrazine groups is 1. The standard InChI is InChI=1S/C24H18Cl3N3O2/c1-14-2-4-15(5-3-14)22-21(28-23(31)16-6-9-18(25)10-7-16)24(32)29-30(22)13-17-8-11-19(26)12-20(17)27/h2-13,21-22H,1H3,(H-,28,29,31,32)/p+1/b30-13-/t21-,22+/m0/s1. The van der Waals surface area contributed by atoms with E-state index in [9.17, 15) is 9.59 Å². The summed E-state index contributed by atoms with van der Waals surface area (Å²) < 4.78 is 1.66. The molecule has 2 atom stereocenters. The molecule has 1 saturated heterocycles. The van der Waals surface area contributed by atoms with Gasteiger partial charge in [-0.15, -0.1) is 10.1 Å². The molecule has 32 heavy (non-hydrogen) atoms. The summed E-state index contributed by atoms with van der Waals surface area (Å²) >= 11 is 18.3. The van der Waals surface area contributed by atoms with Crippen LogP contribution < -0.4 is 10.7 Å². The second kappa shape index (κ2) is 9.33. The highest BCUT2D eigenvalue weighted by molar-refractivity contribution is 6.36. The van der Waals surface area contributed by atoms with Crippen LogP contribution in [0.2, 0.25) is 15.1 Å². The number of carbonyl (C=O) groups excluding carboxylic acids is 2. The molecule has 4 rings (SSSR count). The topological polar surface area (TPSA) is 61.2 Å². The SMILES string of the molecule is Cc1ccc([C@@H]2[C@H](NC(=O)c3ccc(Cl)cc3)C(=O)N/[N+]2=C\c2ccc(Cl)cc2Cl)cc1. The molecule has 0 unspecified atom stereocenters. The zero-order valence-electron chi connectivity index (χ0n) is 17.0. The first-order valence-corrected chi connectivity index (χ1v) is 11.0. The minimum absolute atomic E-state index is 0.334. The van der Waals surface area contributed by atoms with Crippen LogP contribution in [0.1, 0.15) is 33.1 Å². The van der Waals surface area contributed by atoms with E-state index in [-0.39, 0.29) is 11.8 Å². The highest BCUT2D eigenvalue weighted by atomic mass is 35.5. The molecule has 3 aromatic carbocycles. The van der Waals surface area contributed by atoms with Gasteiger partial charge in [-0.25, -0.2) is 0 Å². The van der Waals surface area contributed by atoms with E-state index in [4.69, 9.17) is 34.8 Å². The number of rotatable bonds is 4. The monoisotopic (exact) mass is 486 g/mol. The maximum absolute atomic E-state index is 12.9. The van der Waals surface area contributed by atoms with Crippen LogP contribution in [0.25, 0.3) is 0 Å². The molecular weight excluding hydrogens is 469 g/mol. The van der Waals surface area contributed by atoms with Crippen molar-refractivity contribution in [3.63, 3.8) is 0 Å². The quantitative estimate of drug-likeness (QED) is 0.510. The largest absolute Gasteiger partial charge is 0.334 e. The number of aryl methyl sites for hydroxylation is 1. The van der Waals surface area contributed by atoms with Crippen LogP contribution in [0.5, 0.6) is 0 Å². The normalized spacial score (nSPS) is 19.1. The van der Waals surface area contributed by atoms with E-state index < -0.39 is 12.1 Å². The van der Waals surface area contributed by atoms with Crippen molar-refractivity contribution in [3.8, 4) is 0 Å². The van der Waals surface area contributed by atoms with Crippen molar-refractivity contribution in [1.82, 2.24) is 10.7 Å². The van der Waals surface area contributed by atoms with Gasteiger partial charge in [-0.2, -0.15) is 0 Å². The Morgan fingerprint density at radius 1 is 0.969 bits per heavy atom. The fourth-order valence-electron chi connectivity index (χ4n) is 3.53. The summed E-state index contributed by atoms with van der Waals surface area (Å²) in [5.74, 6) is -0.704. The second-order valence-corrected chi connectivity index (χ2v) is 8.77. The Morgan fingerprint density at radius 3 is 2.28 bits per heavy atom. The summed E-state index contributed by atoms with van der Waals surface area (Å²) in [6, 6.07) is 18.1. The third-order valence-corrected chi connectivity index (χ3v) is 6.00. The Bertz CT molecular complexity index is 1210. The molecule has 2 N–H and O–H groups in total. The van der Waals surface area contributed by atoms with Gasteiger partial charge in [0.2, 0.25) is 12.3 Å². The van der Waals surface area contributed by atoms with Crippen LogP contribution in [0.4, 0.5) is 0 Å². The first-order chi connectivity index (χ1) is 15.3. The Labute approximate surface area is 200 Å². The fraction of sp³-hybridized carbons (Fsp3) is 0.125. The van der Waals surface area contributed by atoms with Crippen molar-refractivity contribution in [3.05, 3.63) is 104 Å². The Balaban J connectivity index is 1.72. The molecule has 0 aromatic heterocycles. The predicted molar refractivity (Wildman–Crippen MR) is 127 cm³/mol. The van der Waals surface area contributed by atoms with Crippen molar-refractivity contribution >= 4 is 52.8 Å². The number of benzene rings is 3. The van der Waals surface area contributed by atoms with Gasteiger partial charge >= 0.3 is 5.91 Å². The lowest BCUT2D eigenvalue weighted by Crippen LogP contribution is -2.42. The van der Waals surface area contributed by atoms with E-state index in [0.29, 0.717) is 26.2 Å². The zero-order valence-corrected chi connectivity index (χ0v) is 19.2. The van der Waals surface area contributed by atoms with Crippen LogP contribution in [0, 0.1) is 6.92 Å². The number of hydrogen-bond acceptors (Lipinski definition) is 2. The lowest BCUT2D eigenvalue weighted by Gasteiger charge is -2.15. The average molecular weight is 488 g/mol. The van der Waals surface area contributed by atoms with E-state index in [1.165, 1.54) is 0 Å². The highest BCUT2D eigenvalue weighted by Crippen LogP contribution is 2.27. The number of amides is 2. The molecule has 0 saturated carbocycles. The molecule has 3 aromatic rings. The summed E-state index contributed by atoms with van der Waals surface area (Å²) in [6.07, 6.45) is 1.73. The summed E-state index contributed by atoms with van der Waals surface area (Å²) in [7, 11) is 0. The van der Waals surface area contributed by atoms with Crippen molar-refractivity contribution in [2.24, 2.45) is 0 Å². The van der Waals surface area contributed by atoms with Gasteiger partial charge in [0.05, 0.1) is 10.6 Å². The van der Waals surface area contributed by atoms with Gasteiger partial charge in [0.25, 0.3) is 5.91 Å². The number of hydrogen-bond donors (Lipinski definition) is 2. The van der Waals surface area contributed by atoms with E-state index in [0.717, 1.165) is 11.1 Å². The van der Waals surface area contributed by atoms with Crippen LogP contribution in [-0.2, 0) is 4.79 Å². The number of hydrazone groups is 1. The van der Waals surface area contributed by atoms with E-state index in [1.54, 1.807) is 53.4 Å². The molecule has 8 heteroatoms. The predicted octanol–water partition coefficient (Wildman–Crippen LogP) is 4.97. The van der Waals surface area contributed by atoms with Gasteiger partial charge in [0.1, 0.15) is 0 Å². The Hall–Kier alpha value is -2.86. The Morgan fingerprint density at radius 2 is 1.62 bits per heavy atom. The molecule has 5 nitrogen and oxygen atoms in total. The maximum atomic E-state index is 12.9. The van der Waals surface area contributed by atoms with E-state index in [2.05, 4.69) is 10.7 Å². The van der Waals surface area contributed by atoms with Crippen LogP contribution in [0.15, 0.2) is 66.7 Å². The number of halogens is 3. The third-order valence-electron chi connectivity index (χ3n) is 5.19. The third kappa shape index (κ3) is 4.80. The molecule has 0 bridgehead atoms. The summed E-state index contributed by atoms with van der Waals surface area (Å²) in [4.78, 5) is 25.8. The molecule has 0 radical (unpaired) electrons. The summed E-state index contributed by atoms with van der Waals surface area (Å²) in [5.41, 5.74) is 5.87. The van der Waals surface area contributed by atoms with Gasteiger partial charge < -0.3 is 5.32 Å². The minimum Gasteiger partial charge on any atom is -0.334 e. The minimum atomic E-state index is -0.830. The molecule has 0 spiro atoms. The molecule has 0 aliphatic carbocycles. The van der Waals surface area contributed by atoms with Gasteiger partial charge in [0.15, 0.2) is 6.04 Å².